The molecule has 0 radical (unpaired) electrons. The third-order valence-corrected chi connectivity index (χ3v) is 3.72. The van der Waals surface area contributed by atoms with Crippen LogP contribution in [0.5, 0.6) is 0 Å². The zero-order chi connectivity index (χ0) is 16.8. The zero-order valence-electron chi connectivity index (χ0n) is 12.8. The van der Waals surface area contributed by atoms with Gasteiger partial charge in [-0.1, -0.05) is 6.07 Å². The summed E-state index contributed by atoms with van der Waals surface area (Å²) in [5.74, 6) is -1.91. The second-order valence-electron chi connectivity index (χ2n) is 5.28. The van der Waals surface area contributed by atoms with Crippen LogP contribution in [-0.2, 0) is 19.1 Å². The number of nitrogens with one attached hydrogen (secondary N) is 1. The van der Waals surface area contributed by atoms with Crippen LogP contribution >= 0.6 is 0 Å². The maximum absolute atomic E-state index is 12.3. The lowest BCUT2D eigenvalue weighted by Crippen LogP contribution is -2.36. The van der Waals surface area contributed by atoms with E-state index in [1.807, 2.05) is 6.07 Å². The van der Waals surface area contributed by atoms with Gasteiger partial charge in [-0.3, -0.25) is 14.6 Å². The first kappa shape index (κ1) is 16.9. The molecule has 0 bridgehead atoms. The summed E-state index contributed by atoms with van der Waals surface area (Å²) in [6.45, 7) is -0.106. The van der Waals surface area contributed by atoms with Crippen molar-refractivity contribution in [2.45, 2.75) is 12.5 Å². The first-order valence-electron chi connectivity index (χ1n) is 7.23. The minimum Gasteiger partial charge on any atom is -0.480 e. The number of carbonyl (C=O) groups excluding carboxylic acids is 2. The molecule has 0 unspecified atom stereocenters. The number of hydrogen-bond acceptors (Lipinski definition) is 5. The number of ether oxygens (including phenoxy) is 1. The van der Waals surface area contributed by atoms with Gasteiger partial charge in [-0.2, -0.15) is 0 Å². The molecule has 1 aromatic rings. The van der Waals surface area contributed by atoms with E-state index >= 15 is 0 Å². The number of carbonyl (C=O) groups is 3. The topological polar surface area (TPSA) is 109 Å². The zero-order valence-corrected chi connectivity index (χ0v) is 12.8. The average molecular weight is 321 g/mol. The largest absolute Gasteiger partial charge is 0.480 e. The molecule has 1 saturated heterocycles. The number of aromatic nitrogens is 1. The van der Waals surface area contributed by atoms with Crippen molar-refractivity contribution in [2.24, 2.45) is 5.92 Å². The molecule has 124 valence electrons. The van der Waals surface area contributed by atoms with Crippen LogP contribution in [0.25, 0.3) is 0 Å². The standard InChI is InChI=1S/C15H19N3O5/c1-18-12(19)7-11(14(18)10-3-2-4-16-8-10)15(22)17-5-6-23-9-13(20)21/h2-4,8,11,14H,5-7,9H2,1H3,(H,17,22)(H,20,21)/t11-,14+/m0/s1. The third kappa shape index (κ3) is 4.26. The maximum atomic E-state index is 12.3. The highest BCUT2D eigenvalue weighted by molar-refractivity contribution is 5.90. The number of amides is 2. The Bertz CT molecular complexity index is 578. The fraction of sp³-hybridized carbons (Fsp3) is 0.467. The van der Waals surface area contributed by atoms with E-state index in [1.54, 1.807) is 30.4 Å². The van der Waals surface area contributed by atoms with E-state index in [4.69, 9.17) is 9.84 Å². The number of rotatable bonds is 7. The van der Waals surface area contributed by atoms with Crippen LogP contribution in [0.15, 0.2) is 24.5 Å². The summed E-state index contributed by atoms with van der Waals surface area (Å²) >= 11 is 0. The highest BCUT2D eigenvalue weighted by atomic mass is 16.5. The summed E-state index contributed by atoms with van der Waals surface area (Å²) in [6.07, 6.45) is 3.42. The van der Waals surface area contributed by atoms with Crippen molar-refractivity contribution >= 4 is 17.8 Å². The van der Waals surface area contributed by atoms with Gasteiger partial charge in [-0.05, 0) is 11.6 Å². The molecule has 0 spiro atoms. The predicted octanol–water partition coefficient (Wildman–Crippen LogP) is -0.182. The van der Waals surface area contributed by atoms with E-state index in [2.05, 4.69) is 10.3 Å². The summed E-state index contributed by atoms with van der Waals surface area (Å²) in [5, 5.41) is 11.1. The van der Waals surface area contributed by atoms with Gasteiger partial charge >= 0.3 is 5.97 Å². The summed E-state index contributed by atoms with van der Waals surface area (Å²) in [7, 11) is 1.67. The van der Waals surface area contributed by atoms with E-state index in [9.17, 15) is 14.4 Å². The molecule has 8 heteroatoms. The van der Waals surface area contributed by atoms with Crippen molar-refractivity contribution in [3.05, 3.63) is 30.1 Å². The van der Waals surface area contributed by atoms with Crippen molar-refractivity contribution in [3.8, 4) is 0 Å². The van der Waals surface area contributed by atoms with Gasteiger partial charge in [0.15, 0.2) is 0 Å². The first-order valence-corrected chi connectivity index (χ1v) is 7.23. The van der Waals surface area contributed by atoms with Crippen LogP contribution in [0.2, 0.25) is 0 Å². The average Bonchev–Trinajstić information content (AvgIpc) is 2.83. The summed E-state index contributed by atoms with van der Waals surface area (Å²) < 4.78 is 4.86. The fourth-order valence-electron chi connectivity index (χ4n) is 2.65. The van der Waals surface area contributed by atoms with Crippen LogP contribution in [0.3, 0.4) is 0 Å². The Labute approximate surface area is 133 Å². The molecule has 1 aliphatic heterocycles. The Kier molecular flexibility index (Phi) is 5.64. The lowest BCUT2D eigenvalue weighted by molar-refractivity contribution is -0.142. The van der Waals surface area contributed by atoms with Gasteiger partial charge in [-0.25, -0.2) is 4.79 Å². The molecule has 0 saturated carbocycles. The molecule has 0 aliphatic carbocycles. The molecule has 8 nitrogen and oxygen atoms in total. The molecule has 2 rings (SSSR count). The van der Waals surface area contributed by atoms with Crippen LogP contribution in [0, 0.1) is 5.92 Å². The monoisotopic (exact) mass is 321 g/mol. The van der Waals surface area contributed by atoms with Crippen LogP contribution in [-0.4, -0.2) is 59.6 Å². The summed E-state index contributed by atoms with van der Waals surface area (Å²) in [5.41, 5.74) is 0.808. The van der Waals surface area contributed by atoms with Gasteiger partial charge in [0, 0.05) is 32.4 Å². The molecule has 0 aromatic carbocycles. The first-order chi connectivity index (χ1) is 11.0. The Morgan fingerprint density at radius 3 is 2.96 bits per heavy atom. The summed E-state index contributed by atoms with van der Waals surface area (Å²) in [4.78, 5) is 40.2. The van der Waals surface area contributed by atoms with Gasteiger partial charge in [0.1, 0.15) is 6.61 Å². The van der Waals surface area contributed by atoms with Crippen molar-refractivity contribution in [1.29, 1.82) is 0 Å². The van der Waals surface area contributed by atoms with Crippen molar-refractivity contribution in [3.63, 3.8) is 0 Å². The fourth-order valence-corrected chi connectivity index (χ4v) is 2.65. The van der Waals surface area contributed by atoms with Crippen LogP contribution in [0.4, 0.5) is 0 Å². The van der Waals surface area contributed by atoms with Gasteiger partial charge in [0.2, 0.25) is 11.8 Å². The van der Waals surface area contributed by atoms with E-state index in [-0.39, 0.29) is 37.4 Å². The Morgan fingerprint density at radius 1 is 1.52 bits per heavy atom. The highest BCUT2D eigenvalue weighted by Crippen LogP contribution is 2.36. The van der Waals surface area contributed by atoms with Crippen molar-refractivity contribution in [2.75, 3.05) is 26.8 Å². The SMILES string of the molecule is CN1C(=O)C[C@H](C(=O)NCCOCC(=O)O)[C@H]1c1cccnc1. The third-order valence-electron chi connectivity index (χ3n) is 3.72. The molecule has 2 atom stereocenters. The van der Waals surface area contributed by atoms with Gasteiger partial charge < -0.3 is 20.1 Å². The lowest BCUT2D eigenvalue weighted by Gasteiger charge is -2.24. The molecule has 23 heavy (non-hydrogen) atoms. The Morgan fingerprint density at radius 2 is 2.30 bits per heavy atom. The van der Waals surface area contributed by atoms with Crippen molar-refractivity contribution in [1.82, 2.24) is 15.2 Å². The van der Waals surface area contributed by atoms with Crippen LogP contribution < -0.4 is 5.32 Å². The van der Waals surface area contributed by atoms with Crippen LogP contribution in [0.1, 0.15) is 18.0 Å². The van der Waals surface area contributed by atoms with E-state index < -0.39 is 18.5 Å². The second kappa shape index (κ2) is 7.68. The number of aliphatic carboxylic acids is 1. The number of carboxylic acid groups (broad SMARTS) is 1. The molecule has 2 N–H and O–H groups in total. The normalized spacial score (nSPS) is 20.6. The molecule has 2 heterocycles. The van der Waals surface area contributed by atoms with Gasteiger partial charge in [0.05, 0.1) is 18.6 Å². The van der Waals surface area contributed by atoms with E-state index in [1.165, 1.54) is 0 Å². The smallest absolute Gasteiger partial charge is 0.329 e. The molecular weight excluding hydrogens is 302 g/mol. The maximum Gasteiger partial charge on any atom is 0.329 e. The van der Waals surface area contributed by atoms with Crippen molar-refractivity contribution < 1.29 is 24.2 Å². The quantitative estimate of drug-likeness (QED) is 0.674. The number of nitrogens with zero attached hydrogens (tertiary/aromatic N) is 2. The summed E-state index contributed by atoms with van der Waals surface area (Å²) in [6, 6.07) is 3.25. The minimum absolute atomic E-state index is 0.0962. The molecule has 1 fully saturated rings. The number of carboxylic acids is 1. The van der Waals surface area contributed by atoms with E-state index in [0.29, 0.717) is 0 Å². The second-order valence-corrected chi connectivity index (χ2v) is 5.28. The predicted molar refractivity (Wildman–Crippen MR) is 79.3 cm³/mol. The lowest BCUT2D eigenvalue weighted by atomic mass is 9.94. The Balaban J connectivity index is 1.95. The number of pyridine rings is 1. The Hall–Kier alpha value is -2.48. The highest BCUT2D eigenvalue weighted by Gasteiger charge is 2.42. The number of hydrogen-bond donors (Lipinski definition) is 2. The van der Waals surface area contributed by atoms with E-state index in [0.717, 1.165) is 5.56 Å². The van der Waals surface area contributed by atoms with Gasteiger partial charge in [0.25, 0.3) is 0 Å². The number of likely N-dealkylation sites (tertiary alicyclic amines) is 1. The van der Waals surface area contributed by atoms with Gasteiger partial charge in [-0.15, -0.1) is 0 Å². The molecule has 2 amide bonds. The molecule has 1 aromatic heterocycles. The molecule has 1 aliphatic rings. The minimum atomic E-state index is -1.06. The molecular formula is C15H19N3O5.